The molecular weight excluding hydrogens is 250 g/mol. The predicted octanol–water partition coefficient (Wildman–Crippen LogP) is 2.61. The second kappa shape index (κ2) is 6.53. The number of hydrogen-bond acceptors (Lipinski definition) is 3. The van der Waals surface area contributed by atoms with Crippen LogP contribution < -0.4 is 14.8 Å². The SMILES string of the molecule is C#CCCNCc1cc(Cl)c2c(c1)OCCCO2. The molecule has 0 amide bonds. The third-order valence-corrected chi connectivity index (χ3v) is 2.92. The zero-order valence-corrected chi connectivity index (χ0v) is 10.9. The van der Waals surface area contributed by atoms with Gasteiger partial charge in [-0.25, -0.2) is 0 Å². The van der Waals surface area contributed by atoms with E-state index in [9.17, 15) is 0 Å². The van der Waals surface area contributed by atoms with Crippen LogP contribution in [0.1, 0.15) is 18.4 Å². The van der Waals surface area contributed by atoms with Crippen molar-refractivity contribution in [2.45, 2.75) is 19.4 Å². The van der Waals surface area contributed by atoms with Gasteiger partial charge in [-0.2, -0.15) is 0 Å². The molecule has 96 valence electrons. The van der Waals surface area contributed by atoms with Crippen molar-refractivity contribution in [3.63, 3.8) is 0 Å². The van der Waals surface area contributed by atoms with Gasteiger partial charge in [0.2, 0.25) is 0 Å². The summed E-state index contributed by atoms with van der Waals surface area (Å²) >= 11 is 6.19. The maximum Gasteiger partial charge on any atom is 0.179 e. The van der Waals surface area contributed by atoms with Crippen LogP contribution in [0, 0.1) is 12.3 Å². The van der Waals surface area contributed by atoms with Crippen LogP contribution in [0.4, 0.5) is 0 Å². The molecule has 0 aliphatic carbocycles. The van der Waals surface area contributed by atoms with Gasteiger partial charge in [0.15, 0.2) is 11.5 Å². The minimum absolute atomic E-state index is 0.600. The summed E-state index contributed by atoms with van der Waals surface area (Å²) in [6, 6.07) is 3.87. The normalized spacial score (nSPS) is 13.8. The Morgan fingerprint density at radius 3 is 3.00 bits per heavy atom. The lowest BCUT2D eigenvalue weighted by Gasteiger charge is -2.11. The number of fused-ring (bicyclic) bond motifs is 1. The summed E-state index contributed by atoms with van der Waals surface area (Å²) in [7, 11) is 0. The molecule has 1 aromatic carbocycles. The minimum atomic E-state index is 0.600. The molecule has 18 heavy (non-hydrogen) atoms. The van der Waals surface area contributed by atoms with Gasteiger partial charge in [0.1, 0.15) is 0 Å². The highest BCUT2D eigenvalue weighted by Gasteiger charge is 2.15. The van der Waals surface area contributed by atoms with E-state index < -0.39 is 0 Å². The van der Waals surface area contributed by atoms with E-state index in [1.807, 2.05) is 12.1 Å². The maximum absolute atomic E-state index is 6.19. The van der Waals surface area contributed by atoms with Crippen LogP contribution in [0.15, 0.2) is 12.1 Å². The van der Waals surface area contributed by atoms with E-state index >= 15 is 0 Å². The molecular formula is C14H16ClNO2. The van der Waals surface area contributed by atoms with E-state index in [0.717, 1.165) is 37.2 Å². The van der Waals surface area contributed by atoms with E-state index in [0.29, 0.717) is 24.0 Å². The molecule has 2 rings (SSSR count). The summed E-state index contributed by atoms with van der Waals surface area (Å²) in [6.45, 7) is 2.82. The molecule has 0 saturated carbocycles. The van der Waals surface area contributed by atoms with E-state index in [1.165, 1.54) is 0 Å². The van der Waals surface area contributed by atoms with E-state index in [1.54, 1.807) is 0 Å². The van der Waals surface area contributed by atoms with Crippen molar-refractivity contribution in [3.05, 3.63) is 22.7 Å². The fourth-order valence-electron chi connectivity index (χ4n) is 1.78. The first-order chi connectivity index (χ1) is 8.81. The largest absolute Gasteiger partial charge is 0.489 e. The minimum Gasteiger partial charge on any atom is -0.489 e. The third kappa shape index (κ3) is 3.32. The van der Waals surface area contributed by atoms with Crippen LogP contribution in [0.3, 0.4) is 0 Å². The van der Waals surface area contributed by atoms with Crippen molar-refractivity contribution in [2.75, 3.05) is 19.8 Å². The van der Waals surface area contributed by atoms with Crippen LogP contribution in [0.5, 0.6) is 11.5 Å². The number of rotatable bonds is 4. The average molecular weight is 266 g/mol. The Morgan fingerprint density at radius 2 is 2.17 bits per heavy atom. The molecule has 0 radical (unpaired) electrons. The Bertz CT molecular complexity index is 454. The fraction of sp³-hybridized carbons (Fsp3) is 0.429. The van der Waals surface area contributed by atoms with Gasteiger partial charge in [-0.3, -0.25) is 0 Å². The second-order valence-electron chi connectivity index (χ2n) is 4.09. The lowest BCUT2D eigenvalue weighted by Crippen LogP contribution is -2.14. The van der Waals surface area contributed by atoms with Crippen molar-refractivity contribution in [1.82, 2.24) is 5.32 Å². The molecule has 1 aliphatic heterocycles. The molecule has 0 saturated heterocycles. The lowest BCUT2D eigenvalue weighted by molar-refractivity contribution is 0.297. The number of halogens is 1. The number of terminal acetylenes is 1. The van der Waals surface area contributed by atoms with Gasteiger partial charge in [0.25, 0.3) is 0 Å². The van der Waals surface area contributed by atoms with Gasteiger partial charge in [0, 0.05) is 25.9 Å². The van der Waals surface area contributed by atoms with E-state index in [4.69, 9.17) is 27.5 Å². The van der Waals surface area contributed by atoms with Crippen LogP contribution >= 0.6 is 11.6 Å². The Kier molecular flexibility index (Phi) is 4.74. The topological polar surface area (TPSA) is 30.5 Å². The summed E-state index contributed by atoms with van der Waals surface area (Å²) in [5.41, 5.74) is 1.07. The number of nitrogens with one attached hydrogen (secondary N) is 1. The number of hydrogen-bond donors (Lipinski definition) is 1. The molecule has 1 heterocycles. The zero-order valence-electron chi connectivity index (χ0n) is 10.2. The van der Waals surface area contributed by atoms with E-state index in [-0.39, 0.29) is 0 Å². The standard InChI is InChI=1S/C14H16ClNO2/c1-2-3-5-16-10-11-8-12(15)14-13(9-11)17-6-4-7-18-14/h1,8-9,16H,3-7,10H2. The van der Waals surface area contributed by atoms with Gasteiger partial charge in [-0.05, 0) is 17.7 Å². The van der Waals surface area contributed by atoms with Gasteiger partial charge >= 0.3 is 0 Å². The van der Waals surface area contributed by atoms with Crippen molar-refractivity contribution >= 4 is 11.6 Å². The highest BCUT2D eigenvalue weighted by Crippen LogP contribution is 2.37. The smallest absolute Gasteiger partial charge is 0.179 e. The van der Waals surface area contributed by atoms with Crippen molar-refractivity contribution in [3.8, 4) is 23.8 Å². The zero-order chi connectivity index (χ0) is 12.8. The summed E-state index contributed by atoms with van der Waals surface area (Å²) < 4.78 is 11.2. The molecule has 4 heteroatoms. The quantitative estimate of drug-likeness (QED) is 0.671. The fourth-order valence-corrected chi connectivity index (χ4v) is 2.07. The van der Waals surface area contributed by atoms with Crippen LogP contribution in [-0.2, 0) is 6.54 Å². The maximum atomic E-state index is 6.19. The Morgan fingerprint density at radius 1 is 1.33 bits per heavy atom. The lowest BCUT2D eigenvalue weighted by atomic mass is 10.2. The molecule has 3 nitrogen and oxygen atoms in total. The molecule has 0 fully saturated rings. The predicted molar refractivity (Wildman–Crippen MR) is 72.2 cm³/mol. The molecule has 0 spiro atoms. The highest BCUT2D eigenvalue weighted by molar-refractivity contribution is 6.32. The first kappa shape index (κ1) is 13.1. The molecule has 0 aromatic heterocycles. The summed E-state index contributed by atoms with van der Waals surface area (Å²) in [5, 5.41) is 3.85. The van der Waals surface area contributed by atoms with Gasteiger partial charge < -0.3 is 14.8 Å². The Hall–Kier alpha value is -1.37. The van der Waals surface area contributed by atoms with Crippen molar-refractivity contribution < 1.29 is 9.47 Å². The van der Waals surface area contributed by atoms with Crippen molar-refractivity contribution in [2.24, 2.45) is 0 Å². The second-order valence-corrected chi connectivity index (χ2v) is 4.49. The highest BCUT2D eigenvalue weighted by atomic mass is 35.5. The molecule has 1 N–H and O–H groups in total. The molecule has 0 bridgehead atoms. The third-order valence-electron chi connectivity index (χ3n) is 2.64. The first-order valence-electron chi connectivity index (χ1n) is 6.03. The Balaban J connectivity index is 2.06. The first-order valence-corrected chi connectivity index (χ1v) is 6.41. The number of benzene rings is 1. The molecule has 0 unspecified atom stereocenters. The van der Waals surface area contributed by atoms with Crippen LogP contribution in [0.25, 0.3) is 0 Å². The molecule has 0 atom stereocenters. The van der Waals surface area contributed by atoms with Crippen LogP contribution in [-0.4, -0.2) is 19.8 Å². The summed E-state index contributed by atoms with van der Waals surface area (Å²) in [5.74, 6) is 3.97. The molecule has 1 aliphatic rings. The Labute approximate surface area is 112 Å². The number of ether oxygens (including phenoxy) is 2. The summed E-state index contributed by atoms with van der Waals surface area (Å²) in [6.07, 6.45) is 6.79. The van der Waals surface area contributed by atoms with E-state index in [2.05, 4.69) is 11.2 Å². The van der Waals surface area contributed by atoms with Crippen LogP contribution in [0.2, 0.25) is 5.02 Å². The van der Waals surface area contributed by atoms with Gasteiger partial charge in [0.05, 0.1) is 18.2 Å². The summed E-state index contributed by atoms with van der Waals surface area (Å²) in [4.78, 5) is 0. The van der Waals surface area contributed by atoms with Gasteiger partial charge in [-0.15, -0.1) is 12.3 Å². The average Bonchev–Trinajstić information content (AvgIpc) is 2.60. The monoisotopic (exact) mass is 265 g/mol. The van der Waals surface area contributed by atoms with Gasteiger partial charge in [-0.1, -0.05) is 11.6 Å². The van der Waals surface area contributed by atoms with Crippen molar-refractivity contribution in [1.29, 1.82) is 0 Å². The molecule has 1 aromatic rings.